The van der Waals surface area contributed by atoms with Crippen LogP contribution in [0.5, 0.6) is 0 Å². The van der Waals surface area contributed by atoms with Crippen molar-refractivity contribution in [2.75, 3.05) is 13.2 Å². The average molecular weight is 328 g/mol. The SMILES string of the molecule is Cc1ccccc1C(C)N(Cc1nnc2n1CCOC2)CC(C)C. The van der Waals surface area contributed by atoms with Crippen LogP contribution in [0, 0.1) is 12.8 Å². The van der Waals surface area contributed by atoms with Crippen LogP contribution in [-0.2, 0) is 24.4 Å². The molecule has 0 saturated carbocycles. The summed E-state index contributed by atoms with van der Waals surface area (Å²) in [7, 11) is 0. The first kappa shape index (κ1) is 17.1. The lowest BCUT2D eigenvalue weighted by atomic mass is 10.0. The monoisotopic (exact) mass is 328 g/mol. The van der Waals surface area contributed by atoms with Gasteiger partial charge in [0.25, 0.3) is 0 Å². The lowest BCUT2D eigenvalue weighted by molar-refractivity contribution is 0.0786. The maximum atomic E-state index is 5.47. The normalized spacial score (nSPS) is 15.8. The first-order chi connectivity index (χ1) is 11.6. The Balaban J connectivity index is 1.84. The van der Waals surface area contributed by atoms with Gasteiger partial charge in [-0.3, -0.25) is 4.90 Å². The van der Waals surface area contributed by atoms with Crippen molar-refractivity contribution in [3.05, 3.63) is 47.0 Å². The lowest BCUT2D eigenvalue weighted by Crippen LogP contribution is -2.32. The number of aryl methyl sites for hydroxylation is 1. The summed E-state index contributed by atoms with van der Waals surface area (Å²) in [5.74, 6) is 2.60. The van der Waals surface area contributed by atoms with Gasteiger partial charge in [0.1, 0.15) is 12.4 Å². The summed E-state index contributed by atoms with van der Waals surface area (Å²) in [5, 5.41) is 8.73. The van der Waals surface area contributed by atoms with E-state index in [0.717, 1.165) is 37.9 Å². The van der Waals surface area contributed by atoms with Gasteiger partial charge in [-0.25, -0.2) is 0 Å². The van der Waals surface area contributed by atoms with Gasteiger partial charge in [0.2, 0.25) is 0 Å². The molecule has 3 rings (SSSR count). The van der Waals surface area contributed by atoms with E-state index in [-0.39, 0.29) is 0 Å². The van der Waals surface area contributed by atoms with Gasteiger partial charge in [0, 0.05) is 19.1 Å². The summed E-state index contributed by atoms with van der Waals surface area (Å²) in [6.07, 6.45) is 0. The van der Waals surface area contributed by atoms with Crippen molar-refractivity contribution in [2.45, 2.75) is 53.4 Å². The molecule has 130 valence electrons. The third-order valence-electron chi connectivity index (χ3n) is 4.72. The molecule has 5 heteroatoms. The van der Waals surface area contributed by atoms with Crippen LogP contribution in [0.1, 0.15) is 49.6 Å². The van der Waals surface area contributed by atoms with Crippen molar-refractivity contribution >= 4 is 0 Å². The molecule has 2 heterocycles. The maximum absolute atomic E-state index is 5.47. The highest BCUT2D eigenvalue weighted by Crippen LogP contribution is 2.26. The summed E-state index contributed by atoms with van der Waals surface area (Å²) in [6.45, 7) is 13.0. The third kappa shape index (κ3) is 3.68. The molecule has 1 aromatic heterocycles. The van der Waals surface area contributed by atoms with Gasteiger partial charge in [0.15, 0.2) is 5.82 Å². The zero-order valence-electron chi connectivity index (χ0n) is 15.2. The van der Waals surface area contributed by atoms with Gasteiger partial charge < -0.3 is 9.30 Å². The molecular formula is C19H28N4O. The molecule has 1 aliphatic rings. The second-order valence-electron chi connectivity index (χ2n) is 7.09. The molecule has 1 aromatic carbocycles. The molecule has 0 N–H and O–H groups in total. The van der Waals surface area contributed by atoms with E-state index >= 15 is 0 Å². The first-order valence-electron chi connectivity index (χ1n) is 8.84. The molecule has 24 heavy (non-hydrogen) atoms. The second-order valence-corrected chi connectivity index (χ2v) is 7.09. The van der Waals surface area contributed by atoms with Gasteiger partial charge in [-0.2, -0.15) is 0 Å². The number of fused-ring (bicyclic) bond motifs is 1. The number of aromatic nitrogens is 3. The molecule has 0 spiro atoms. The molecule has 0 aliphatic carbocycles. The van der Waals surface area contributed by atoms with Crippen LogP contribution in [0.15, 0.2) is 24.3 Å². The van der Waals surface area contributed by atoms with E-state index < -0.39 is 0 Å². The summed E-state index contributed by atoms with van der Waals surface area (Å²) in [6, 6.07) is 9.01. The first-order valence-corrected chi connectivity index (χ1v) is 8.84. The van der Waals surface area contributed by atoms with Crippen LogP contribution in [-0.4, -0.2) is 32.8 Å². The molecule has 1 atom stereocenters. The summed E-state index contributed by atoms with van der Waals surface area (Å²) in [4.78, 5) is 2.51. The maximum Gasteiger partial charge on any atom is 0.159 e. The predicted octanol–water partition coefficient (Wildman–Crippen LogP) is 3.34. The molecular weight excluding hydrogens is 300 g/mol. The molecule has 0 amide bonds. The number of ether oxygens (including phenoxy) is 1. The summed E-state index contributed by atoms with van der Waals surface area (Å²) >= 11 is 0. The van der Waals surface area contributed by atoms with E-state index in [4.69, 9.17) is 4.74 Å². The van der Waals surface area contributed by atoms with Crippen molar-refractivity contribution < 1.29 is 4.74 Å². The minimum atomic E-state index is 0.349. The van der Waals surface area contributed by atoms with E-state index in [1.54, 1.807) is 0 Å². The number of nitrogens with zero attached hydrogens (tertiary/aromatic N) is 4. The molecule has 5 nitrogen and oxygen atoms in total. The fourth-order valence-corrected chi connectivity index (χ4v) is 3.44. The molecule has 2 aromatic rings. The Morgan fingerprint density at radius 3 is 2.75 bits per heavy atom. The number of rotatable bonds is 6. The zero-order chi connectivity index (χ0) is 17.1. The average Bonchev–Trinajstić information content (AvgIpc) is 2.97. The van der Waals surface area contributed by atoms with Crippen LogP contribution in [0.2, 0.25) is 0 Å². The molecule has 0 bridgehead atoms. The van der Waals surface area contributed by atoms with E-state index in [0.29, 0.717) is 18.6 Å². The fraction of sp³-hybridized carbons (Fsp3) is 0.579. The summed E-state index contributed by atoms with van der Waals surface area (Å²) < 4.78 is 7.70. The zero-order valence-corrected chi connectivity index (χ0v) is 15.2. The third-order valence-corrected chi connectivity index (χ3v) is 4.72. The minimum absolute atomic E-state index is 0.349. The highest BCUT2D eigenvalue weighted by Gasteiger charge is 2.23. The summed E-state index contributed by atoms with van der Waals surface area (Å²) in [5.41, 5.74) is 2.73. The van der Waals surface area contributed by atoms with Gasteiger partial charge in [-0.15, -0.1) is 10.2 Å². The van der Waals surface area contributed by atoms with Crippen molar-refractivity contribution in [3.63, 3.8) is 0 Å². The second kappa shape index (κ2) is 7.45. The topological polar surface area (TPSA) is 43.2 Å². The highest BCUT2D eigenvalue weighted by atomic mass is 16.5. The Morgan fingerprint density at radius 2 is 2.00 bits per heavy atom. The van der Waals surface area contributed by atoms with Crippen LogP contribution in [0.4, 0.5) is 0 Å². The van der Waals surface area contributed by atoms with E-state index in [2.05, 4.69) is 71.6 Å². The van der Waals surface area contributed by atoms with Crippen LogP contribution >= 0.6 is 0 Å². The van der Waals surface area contributed by atoms with E-state index in [1.165, 1.54) is 11.1 Å². The number of hydrogen-bond donors (Lipinski definition) is 0. The Bertz CT molecular complexity index is 680. The van der Waals surface area contributed by atoms with Crippen molar-refractivity contribution in [2.24, 2.45) is 5.92 Å². The molecule has 0 fully saturated rings. The van der Waals surface area contributed by atoms with Gasteiger partial charge in [0.05, 0.1) is 13.2 Å². The smallest absolute Gasteiger partial charge is 0.159 e. The number of benzene rings is 1. The molecule has 1 unspecified atom stereocenters. The number of hydrogen-bond acceptors (Lipinski definition) is 4. The van der Waals surface area contributed by atoms with Crippen molar-refractivity contribution in [3.8, 4) is 0 Å². The lowest BCUT2D eigenvalue weighted by Gasteiger charge is -2.31. The Labute approximate surface area is 144 Å². The van der Waals surface area contributed by atoms with Crippen molar-refractivity contribution in [1.82, 2.24) is 19.7 Å². The quantitative estimate of drug-likeness (QED) is 0.816. The van der Waals surface area contributed by atoms with Crippen molar-refractivity contribution in [1.29, 1.82) is 0 Å². The van der Waals surface area contributed by atoms with Crippen LogP contribution in [0.25, 0.3) is 0 Å². The predicted molar refractivity (Wildman–Crippen MR) is 94.5 cm³/mol. The molecule has 0 saturated heterocycles. The highest BCUT2D eigenvalue weighted by molar-refractivity contribution is 5.28. The van der Waals surface area contributed by atoms with E-state index in [9.17, 15) is 0 Å². The largest absolute Gasteiger partial charge is 0.372 e. The van der Waals surface area contributed by atoms with Crippen LogP contribution < -0.4 is 0 Å². The fourth-order valence-electron chi connectivity index (χ4n) is 3.44. The van der Waals surface area contributed by atoms with Gasteiger partial charge in [-0.05, 0) is 30.9 Å². The van der Waals surface area contributed by atoms with E-state index in [1.807, 2.05) is 0 Å². The van der Waals surface area contributed by atoms with Gasteiger partial charge in [-0.1, -0.05) is 38.1 Å². The Hall–Kier alpha value is -1.72. The minimum Gasteiger partial charge on any atom is -0.372 e. The molecule has 1 aliphatic heterocycles. The Morgan fingerprint density at radius 1 is 1.21 bits per heavy atom. The molecule has 0 radical (unpaired) electrons. The van der Waals surface area contributed by atoms with Gasteiger partial charge >= 0.3 is 0 Å². The Kier molecular flexibility index (Phi) is 5.31. The standard InChI is InChI=1S/C19H28N4O/c1-14(2)11-22(16(4)17-8-6-5-7-15(17)3)12-18-20-21-19-13-24-10-9-23(18)19/h5-8,14,16H,9-13H2,1-4H3. The van der Waals surface area contributed by atoms with Crippen LogP contribution in [0.3, 0.4) is 0 Å².